The molecule has 124 valence electrons. The van der Waals surface area contributed by atoms with E-state index < -0.39 is 10.0 Å². The smallest absolute Gasteiger partial charge is 0.205 e. The number of nitrogens with zero attached hydrogens (tertiary/aromatic N) is 1. The molecule has 5 heteroatoms. The van der Waals surface area contributed by atoms with E-state index in [-0.39, 0.29) is 16.0 Å². The van der Waals surface area contributed by atoms with E-state index in [1.807, 2.05) is 44.2 Å². The number of halogens is 1. The second kappa shape index (κ2) is 7.70. The Morgan fingerprint density at radius 3 is 2.09 bits per heavy atom. The topological polar surface area (TPSA) is 37.4 Å². The third-order valence-corrected chi connectivity index (χ3v) is 5.21. The Kier molecular flexibility index (Phi) is 5.91. The Bertz CT molecular complexity index is 712. The number of sulfonamides is 1. The lowest BCUT2D eigenvalue weighted by Crippen LogP contribution is -2.24. The van der Waals surface area contributed by atoms with Gasteiger partial charge in [-0.3, -0.25) is 0 Å². The van der Waals surface area contributed by atoms with E-state index in [1.165, 1.54) is 12.1 Å². The molecule has 3 nitrogen and oxygen atoms in total. The molecule has 0 radical (unpaired) electrons. The van der Waals surface area contributed by atoms with Crippen LogP contribution in [0.4, 0.5) is 4.48 Å². The van der Waals surface area contributed by atoms with Crippen LogP contribution >= 0.6 is 0 Å². The molecule has 2 aromatic rings. The fourth-order valence-electron chi connectivity index (χ4n) is 2.31. The van der Waals surface area contributed by atoms with Crippen LogP contribution in [0.5, 0.6) is 0 Å². The summed E-state index contributed by atoms with van der Waals surface area (Å²) in [4.78, 5) is -0.0239. The van der Waals surface area contributed by atoms with Gasteiger partial charge in [0.25, 0.3) is 10.0 Å². The van der Waals surface area contributed by atoms with Crippen molar-refractivity contribution in [2.24, 2.45) is 5.92 Å². The van der Waals surface area contributed by atoms with Crippen LogP contribution in [0.25, 0.3) is 11.1 Å². The van der Waals surface area contributed by atoms with Gasteiger partial charge in [-0.25, -0.2) is 8.42 Å². The molecule has 0 atom stereocenters. The molecular formula is C18H22FNO2S. The summed E-state index contributed by atoms with van der Waals surface area (Å²) in [5.41, 5.74) is 1.89. The van der Waals surface area contributed by atoms with E-state index in [1.54, 1.807) is 12.1 Å². The van der Waals surface area contributed by atoms with Crippen molar-refractivity contribution in [3.63, 3.8) is 0 Å². The molecule has 0 aliphatic heterocycles. The van der Waals surface area contributed by atoms with Gasteiger partial charge < -0.3 is 0 Å². The average Bonchev–Trinajstić information content (AvgIpc) is 2.55. The van der Waals surface area contributed by atoms with E-state index in [2.05, 4.69) is 0 Å². The maximum atomic E-state index is 14.0. The average molecular weight is 335 g/mol. The zero-order valence-electron chi connectivity index (χ0n) is 13.4. The van der Waals surface area contributed by atoms with Gasteiger partial charge in [0.15, 0.2) is 0 Å². The molecule has 0 aliphatic carbocycles. The lowest BCUT2D eigenvalue weighted by molar-refractivity contribution is 0.134. The lowest BCUT2D eigenvalue weighted by atomic mass is 10.1. The predicted molar refractivity (Wildman–Crippen MR) is 90.9 cm³/mol. The number of rotatable bonds is 7. The Balaban J connectivity index is 2.11. The second-order valence-corrected chi connectivity index (χ2v) is 7.76. The van der Waals surface area contributed by atoms with Gasteiger partial charge in [-0.15, -0.1) is 4.48 Å². The van der Waals surface area contributed by atoms with Crippen LogP contribution < -0.4 is 0 Å². The van der Waals surface area contributed by atoms with Crippen LogP contribution in [0, 0.1) is 5.92 Å². The number of hydrogen-bond acceptors (Lipinski definition) is 2. The summed E-state index contributed by atoms with van der Waals surface area (Å²) in [5, 5.41) is 0. The van der Waals surface area contributed by atoms with Crippen LogP contribution in [0.1, 0.15) is 26.7 Å². The van der Waals surface area contributed by atoms with E-state index in [4.69, 9.17) is 0 Å². The molecule has 0 heterocycles. The number of hydrogen-bond donors (Lipinski definition) is 0. The summed E-state index contributed by atoms with van der Waals surface area (Å²) >= 11 is 0. The maximum absolute atomic E-state index is 14.0. The molecular weight excluding hydrogens is 313 g/mol. The molecule has 0 amide bonds. The van der Waals surface area contributed by atoms with Gasteiger partial charge in [0.05, 0.1) is 4.90 Å². The summed E-state index contributed by atoms with van der Waals surface area (Å²) in [6.07, 6.45) is 1.30. The first-order chi connectivity index (χ1) is 10.9. The van der Waals surface area contributed by atoms with Crippen LogP contribution in [-0.2, 0) is 10.0 Å². The van der Waals surface area contributed by atoms with Crippen molar-refractivity contribution in [2.45, 2.75) is 31.6 Å². The van der Waals surface area contributed by atoms with Gasteiger partial charge in [0.2, 0.25) is 0 Å². The monoisotopic (exact) mass is 335 g/mol. The van der Waals surface area contributed by atoms with Gasteiger partial charge >= 0.3 is 0 Å². The first-order valence-corrected chi connectivity index (χ1v) is 9.19. The minimum atomic E-state index is -4.07. The standard InChI is InChI=1S/C18H22FNO2S/c1-15(2)7-6-14-20(19)23(21,22)18-12-10-17(11-13-18)16-8-4-3-5-9-16/h3-5,8-13,15H,6-7,14H2,1-2H3. The molecule has 0 saturated carbocycles. The Morgan fingerprint density at radius 2 is 1.52 bits per heavy atom. The van der Waals surface area contributed by atoms with E-state index >= 15 is 0 Å². The first kappa shape index (κ1) is 17.6. The zero-order valence-corrected chi connectivity index (χ0v) is 14.3. The molecule has 2 rings (SSSR count). The molecule has 0 bridgehead atoms. The zero-order chi connectivity index (χ0) is 16.9. The van der Waals surface area contributed by atoms with Crippen molar-refractivity contribution in [3.05, 3.63) is 54.6 Å². The molecule has 0 unspecified atom stereocenters. The Labute approximate surface area is 137 Å². The number of benzene rings is 2. The van der Waals surface area contributed by atoms with Crippen molar-refractivity contribution in [1.82, 2.24) is 4.53 Å². The molecule has 0 fully saturated rings. The molecule has 23 heavy (non-hydrogen) atoms. The second-order valence-electron chi connectivity index (χ2n) is 5.94. The van der Waals surface area contributed by atoms with Crippen molar-refractivity contribution in [2.75, 3.05) is 6.54 Å². The highest BCUT2D eigenvalue weighted by molar-refractivity contribution is 7.89. The van der Waals surface area contributed by atoms with Gasteiger partial charge in [0, 0.05) is 6.54 Å². The highest BCUT2D eigenvalue weighted by Crippen LogP contribution is 2.23. The van der Waals surface area contributed by atoms with Crippen LogP contribution in [0.2, 0.25) is 0 Å². The summed E-state index contributed by atoms with van der Waals surface area (Å²) < 4.78 is 38.4. The van der Waals surface area contributed by atoms with Crippen LogP contribution in [0.3, 0.4) is 0 Å². The molecule has 0 aromatic heterocycles. The van der Waals surface area contributed by atoms with Crippen molar-refractivity contribution < 1.29 is 12.9 Å². The van der Waals surface area contributed by atoms with Crippen molar-refractivity contribution in [3.8, 4) is 11.1 Å². The van der Waals surface area contributed by atoms with Crippen LogP contribution in [0.15, 0.2) is 59.5 Å². The summed E-state index contributed by atoms with van der Waals surface area (Å²) in [7, 11) is -4.07. The highest BCUT2D eigenvalue weighted by atomic mass is 32.2. The summed E-state index contributed by atoms with van der Waals surface area (Å²) in [6.45, 7) is 3.94. The third-order valence-electron chi connectivity index (χ3n) is 3.64. The lowest BCUT2D eigenvalue weighted by Gasteiger charge is -2.13. The van der Waals surface area contributed by atoms with Gasteiger partial charge in [0.1, 0.15) is 0 Å². The van der Waals surface area contributed by atoms with Gasteiger partial charge in [-0.05, 0) is 46.5 Å². The fourth-order valence-corrected chi connectivity index (χ4v) is 3.39. The maximum Gasteiger partial charge on any atom is 0.269 e. The molecule has 0 N–H and O–H groups in total. The fraction of sp³-hybridized carbons (Fsp3) is 0.333. The van der Waals surface area contributed by atoms with Gasteiger partial charge in [-0.2, -0.15) is 0 Å². The Hall–Kier alpha value is -1.72. The minimum Gasteiger partial charge on any atom is -0.205 e. The van der Waals surface area contributed by atoms with E-state index in [0.29, 0.717) is 12.3 Å². The van der Waals surface area contributed by atoms with E-state index in [0.717, 1.165) is 17.5 Å². The quantitative estimate of drug-likeness (QED) is 0.690. The normalized spacial score (nSPS) is 12.0. The SMILES string of the molecule is CC(C)CCCN(F)S(=O)(=O)c1ccc(-c2ccccc2)cc1. The third kappa shape index (κ3) is 4.62. The summed E-state index contributed by atoms with van der Waals surface area (Å²) in [6, 6.07) is 15.9. The molecule has 0 spiro atoms. The predicted octanol–water partition coefficient (Wildman–Crippen LogP) is 4.67. The Morgan fingerprint density at radius 1 is 0.957 bits per heavy atom. The largest absolute Gasteiger partial charge is 0.269 e. The van der Waals surface area contributed by atoms with Crippen molar-refractivity contribution in [1.29, 1.82) is 0 Å². The highest BCUT2D eigenvalue weighted by Gasteiger charge is 2.24. The minimum absolute atomic E-state index is 0.0239. The van der Waals surface area contributed by atoms with Gasteiger partial charge in [-0.1, -0.05) is 56.3 Å². The summed E-state index contributed by atoms with van der Waals surface area (Å²) in [5.74, 6) is 0.427. The molecule has 2 aromatic carbocycles. The molecule has 0 saturated heterocycles. The van der Waals surface area contributed by atoms with Crippen molar-refractivity contribution >= 4 is 10.0 Å². The van der Waals surface area contributed by atoms with E-state index in [9.17, 15) is 12.9 Å². The van der Waals surface area contributed by atoms with Crippen LogP contribution in [-0.4, -0.2) is 19.5 Å². The molecule has 0 aliphatic rings. The first-order valence-electron chi connectivity index (χ1n) is 7.75.